The first-order chi connectivity index (χ1) is 11.7. The Balaban J connectivity index is 1.88. The Morgan fingerprint density at radius 2 is 2.25 bits per heavy atom. The van der Waals surface area contributed by atoms with Crippen LogP contribution in [0.5, 0.6) is 11.5 Å². The summed E-state index contributed by atoms with van der Waals surface area (Å²) < 4.78 is 11.2. The molecule has 3 rings (SSSR count). The molecule has 24 heavy (non-hydrogen) atoms. The molecule has 0 fully saturated rings. The number of ether oxygens (including phenoxy) is 2. The van der Waals surface area contributed by atoms with Gasteiger partial charge in [-0.2, -0.15) is 5.26 Å². The number of fused-ring (bicyclic) bond motifs is 1. The summed E-state index contributed by atoms with van der Waals surface area (Å²) in [5.41, 5.74) is 0.519. The number of hydrogen-bond donors (Lipinski definition) is 1. The number of nitrogens with one attached hydrogen (secondary N) is 1. The van der Waals surface area contributed by atoms with Gasteiger partial charge in [0.2, 0.25) is 0 Å². The van der Waals surface area contributed by atoms with Gasteiger partial charge in [-0.05, 0) is 23.8 Å². The van der Waals surface area contributed by atoms with Gasteiger partial charge in [-0.1, -0.05) is 11.6 Å². The molecule has 2 aromatic rings. The highest BCUT2D eigenvalue weighted by Crippen LogP contribution is 2.38. The molecule has 0 radical (unpaired) electrons. The van der Waals surface area contributed by atoms with E-state index >= 15 is 0 Å². The Hall–Kier alpha value is -2.56. The summed E-state index contributed by atoms with van der Waals surface area (Å²) in [6, 6.07) is 5.21. The molecule has 0 saturated carbocycles. The smallest absolute Gasteiger partial charge is 0.268 e. The third-order valence-electron chi connectivity index (χ3n) is 3.15. The van der Waals surface area contributed by atoms with E-state index in [0.29, 0.717) is 40.4 Å². The van der Waals surface area contributed by atoms with Gasteiger partial charge >= 0.3 is 0 Å². The molecule has 1 N–H and O–H groups in total. The van der Waals surface area contributed by atoms with E-state index in [1.54, 1.807) is 23.7 Å². The number of benzene rings is 1. The summed E-state index contributed by atoms with van der Waals surface area (Å²) in [6.45, 7) is 1.05. The van der Waals surface area contributed by atoms with Crippen LogP contribution in [0.15, 0.2) is 29.3 Å². The summed E-state index contributed by atoms with van der Waals surface area (Å²) in [6.07, 6.45) is 3.78. The minimum Gasteiger partial charge on any atom is -0.489 e. The standard InChI is InChI=1S/C16H12ClN3O3S/c17-12-7-10(8-13-14(12)23-4-1-3-22-13)6-11(9-18)15(21)20-16-19-2-5-24-16/h2,5-8H,1,3-4H2,(H,19,20,21). The highest BCUT2D eigenvalue weighted by molar-refractivity contribution is 7.13. The lowest BCUT2D eigenvalue weighted by atomic mass is 10.1. The number of rotatable bonds is 3. The van der Waals surface area contributed by atoms with E-state index in [1.807, 2.05) is 6.07 Å². The van der Waals surface area contributed by atoms with Gasteiger partial charge in [0, 0.05) is 18.0 Å². The maximum atomic E-state index is 12.2. The van der Waals surface area contributed by atoms with Gasteiger partial charge in [-0.25, -0.2) is 4.98 Å². The predicted octanol–water partition coefficient (Wildman–Crippen LogP) is 3.50. The number of carbonyl (C=O) groups excluding carboxylic acids is 1. The molecule has 1 aliphatic rings. The third-order valence-corrected chi connectivity index (χ3v) is 4.12. The van der Waals surface area contributed by atoms with Crippen LogP contribution in [0, 0.1) is 11.3 Å². The fraction of sp³-hybridized carbons (Fsp3) is 0.188. The lowest BCUT2D eigenvalue weighted by molar-refractivity contribution is -0.112. The Morgan fingerprint density at radius 1 is 1.42 bits per heavy atom. The summed E-state index contributed by atoms with van der Waals surface area (Å²) in [5, 5.41) is 14.4. The van der Waals surface area contributed by atoms with Crippen molar-refractivity contribution in [2.75, 3.05) is 18.5 Å². The molecular weight excluding hydrogens is 350 g/mol. The molecule has 0 saturated heterocycles. The van der Waals surface area contributed by atoms with Crippen molar-refractivity contribution in [2.45, 2.75) is 6.42 Å². The first-order valence-electron chi connectivity index (χ1n) is 7.09. The van der Waals surface area contributed by atoms with Crippen LogP contribution in [-0.2, 0) is 4.79 Å². The molecule has 0 spiro atoms. The van der Waals surface area contributed by atoms with Crippen molar-refractivity contribution in [1.82, 2.24) is 4.98 Å². The van der Waals surface area contributed by atoms with E-state index in [2.05, 4.69) is 10.3 Å². The number of carbonyl (C=O) groups is 1. The molecule has 1 amide bonds. The van der Waals surface area contributed by atoms with E-state index in [4.69, 9.17) is 21.1 Å². The highest BCUT2D eigenvalue weighted by atomic mass is 35.5. The molecule has 1 aromatic heterocycles. The molecule has 6 nitrogen and oxygen atoms in total. The fourth-order valence-electron chi connectivity index (χ4n) is 2.10. The van der Waals surface area contributed by atoms with Gasteiger partial charge < -0.3 is 9.47 Å². The second-order valence-corrected chi connectivity index (χ2v) is 6.14. The molecule has 1 aliphatic heterocycles. The Labute approximate surface area is 147 Å². The molecule has 0 atom stereocenters. The number of aromatic nitrogens is 1. The van der Waals surface area contributed by atoms with Crippen molar-refractivity contribution in [1.29, 1.82) is 5.26 Å². The average Bonchev–Trinajstić information content (AvgIpc) is 2.95. The summed E-state index contributed by atoms with van der Waals surface area (Å²) in [5.74, 6) is 0.455. The normalized spacial score (nSPS) is 13.8. The number of halogens is 1. The van der Waals surface area contributed by atoms with Gasteiger partial charge in [0.1, 0.15) is 11.6 Å². The molecule has 0 aliphatic carbocycles. The Kier molecular flexibility index (Phi) is 4.99. The zero-order valence-electron chi connectivity index (χ0n) is 12.4. The second kappa shape index (κ2) is 7.34. The maximum absolute atomic E-state index is 12.2. The highest BCUT2D eigenvalue weighted by Gasteiger charge is 2.16. The SMILES string of the molecule is N#CC(=Cc1cc(Cl)c2c(c1)OCCCO2)C(=O)Nc1nccs1. The number of anilines is 1. The first-order valence-corrected chi connectivity index (χ1v) is 8.35. The Morgan fingerprint density at radius 3 is 3.00 bits per heavy atom. The van der Waals surface area contributed by atoms with Crippen LogP contribution in [0.2, 0.25) is 5.02 Å². The minimum atomic E-state index is -0.532. The van der Waals surface area contributed by atoms with Crippen LogP contribution in [-0.4, -0.2) is 24.1 Å². The van der Waals surface area contributed by atoms with Crippen molar-refractivity contribution in [3.05, 3.63) is 39.9 Å². The zero-order valence-corrected chi connectivity index (χ0v) is 14.0. The molecule has 122 valence electrons. The number of amides is 1. The van der Waals surface area contributed by atoms with Crippen molar-refractivity contribution < 1.29 is 14.3 Å². The number of thiazole rings is 1. The van der Waals surface area contributed by atoms with Crippen LogP contribution in [0.3, 0.4) is 0 Å². The van der Waals surface area contributed by atoms with Crippen LogP contribution in [0.1, 0.15) is 12.0 Å². The monoisotopic (exact) mass is 361 g/mol. The van der Waals surface area contributed by atoms with Crippen molar-refractivity contribution >= 4 is 40.1 Å². The van der Waals surface area contributed by atoms with Gasteiger partial charge in [-0.15, -0.1) is 11.3 Å². The van der Waals surface area contributed by atoms with Crippen LogP contribution >= 0.6 is 22.9 Å². The van der Waals surface area contributed by atoms with E-state index in [9.17, 15) is 10.1 Å². The molecule has 0 bridgehead atoms. The van der Waals surface area contributed by atoms with Crippen LogP contribution < -0.4 is 14.8 Å². The lowest BCUT2D eigenvalue weighted by Crippen LogP contribution is -2.13. The average molecular weight is 362 g/mol. The lowest BCUT2D eigenvalue weighted by Gasteiger charge is -2.10. The van der Waals surface area contributed by atoms with E-state index in [0.717, 1.165) is 6.42 Å². The summed E-state index contributed by atoms with van der Waals surface area (Å²) in [7, 11) is 0. The molecule has 1 aromatic carbocycles. The largest absolute Gasteiger partial charge is 0.489 e. The van der Waals surface area contributed by atoms with E-state index < -0.39 is 5.91 Å². The number of nitrogens with zero attached hydrogens (tertiary/aromatic N) is 2. The first kappa shape index (κ1) is 16.3. The van der Waals surface area contributed by atoms with Crippen molar-refractivity contribution in [3.63, 3.8) is 0 Å². The van der Waals surface area contributed by atoms with Gasteiger partial charge in [0.25, 0.3) is 5.91 Å². The summed E-state index contributed by atoms with van der Waals surface area (Å²) in [4.78, 5) is 16.1. The quantitative estimate of drug-likeness (QED) is 0.668. The van der Waals surface area contributed by atoms with Gasteiger partial charge in [-0.3, -0.25) is 10.1 Å². The van der Waals surface area contributed by atoms with E-state index in [-0.39, 0.29) is 5.57 Å². The van der Waals surface area contributed by atoms with Crippen LogP contribution in [0.4, 0.5) is 5.13 Å². The molecule has 8 heteroatoms. The molecule has 0 unspecified atom stereocenters. The molecular formula is C16H12ClN3O3S. The second-order valence-electron chi connectivity index (χ2n) is 4.84. The zero-order chi connectivity index (χ0) is 16.9. The van der Waals surface area contributed by atoms with Gasteiger partial charge in [0.15, 0.2) is 16.6 Å². The summed E-state index contributed by atoms with van der Waals surface area (Å²) >= 11 is 7.49. The maximum Gasteiger partial charge on any atom is 0.268 e. The third kappa shape index (κ3) is 3.67. The fourth-order valence-corrected chi connectivity index (χ4v) is 2.90. The Bertz CT molecular complexity index is 828. The van der Waals surface area contributed by atoms with Crippen LogP contribution in [0.25, 0.3) is 6.08 Å². The van der Waals surface area contributed by atoms with Crippen molar-refractivity contribution in [2.24, 2.45) is 0 Å². The number of nitriles is 1. The molecule has 2 heterocycles. The predicted molar refractivity (Wildman–Crippen MR) is 91.4 cm³/mol. The minimum absolute atomic E-state index is 0.0595. The number of hydrogen-bond acceptors (Lipinski definition) is 6. The topological polar surface area (TPSA) is 84.2 Å². The van der Waals surface area contributed by atoms with Gasteiger partial charge in [0.05, 0.1) is 18.2 Å². The van der Waals surface area contributed by atoms with Crippen molar-refractivity contribution in [3.8, 4) is 17.6 Å². The van der Waals surface area contributed by atoms with E-state index in [1.165, 1.54) is 17.4 Å².